The lowest BCUT2D eigenvalue weighted by atomic mass is 9.93. The van der Waals surface area contributed by atoms with Crippen LogP contribution in [-0.4, -0.2) is 11.7 Å². The van der Waals surface area contributed by atoms with E-state index in [-0.39, 0.29) is 0 Å². The third-order valence-electron chi connectivity index (χ3n) is 4.43. The summed E-state index contributed by atoms with van der Waals surface area (Å²) in [5.41, 5.74) is 5.49. The molecule has 130 valence electrons. The molecule has 0 aliphatic rings. The summed E-state index contributed by atoms with van der Waals surface area (Å²) in [4.78, 5) is 0. The SMILES string of the molecule is CCCCCc1cc(O)c(-c2cc(C)ccc2CC)c(OCC)c1. The highest BCUT2D eigenvalue weighted by atomic mass is 16.5. The third kappa shape index (κ3) is 4.31. The molecule has 0 amide bonds. The Morgan fingerprint density at radius 3 is 2.46 bits per heavy atom. The van der Waals surface area contributed by atoms with Gasteiger partial charge in [0.15, 0.2) is 0 Å². The van der Waals surface area contributed by atoms with Crippen molar-refractivity contribution < 1.29 is 9.84 Å². The zero-order valence-corrected chi connectivity index (χ0v) is 15.5. The average molecular weight is 326 g/mol. The molecule has 0 aromatic heterocycles. The summed E-state index contributed by atoms with van der Waals surface area (Å²) < 4.78 is 5.90. The van der Waals surface area contributed by atoms with Gasteiger partial charge < -0.3 is 9.84 Å². The first-order valence-electron chi connectivity index (χ1n) is 9.19. The van der Waals surface area contributed by atoms with Gasteiger partial charge in [-0.2, -0.15) is 0 Å². The predicted octanol–water partition coefficient (Wildman–Crippen LogP) is 6.06. The number of unbranched alkanes of at least 4 members (excludes halogenated alkanes) is 2. The molecule has 2 heteroatoms. The highest BCUT2D eigenvalue weighted by molar-refractivity contribution is 5.80. The minimum absolute atomic E-state index is 0.327. The third-order valence-corrected chi connectivity index (χ3v) is 4.43. The molecule has 0 bridgehead atoms. The second kappa shape index (κ2) is 8.77. The zero-order valence-electron chi connectivity index (χ0n) is 15.5. The molecule has 2 aromatic carbocycles. The quantitative estimate of drug-likeness (QED) is 0.597. The van der Waals surface area contributed by atoms with Crippen LogP contribution in [0.3, 0.4) is 0 Å². The summed E-state index contributed by atoms with van der Waals surface area (Å²) in [7, 11) is 0. The number of aromatic hydroxyl groups is 1. The molecule has 0 atom stereocenters. The molecule has 24 heavy (non-hydrogen) atoms. The Morgan fingerprint density at radius 1 is 1.00 bits per heavy atom. The standard InChI is InChI=1S/C22H30O2/c1-5-8-9-10-17-14-20(23)22(21(15-17)24-7-3)19-13-16(4)11-12-18(19)6-2/h11-15,23H,5-10H2,1-4H3. The minimum Gasteiger partial charge on any atom is -0.507 e. The Morgan fingerprint density at radius 2 is 1.79 bits per heavy atom. The van der Waals surface area contributed by atoms with Gasteiger partial charge in [-0.25, -0.2) is 0 Å². The van der Waals surface area contributed by atoms with Crippen molar-refractivity contribution in [3.8, 4) is 22.6 Å². The van der Waals surface area contributed by atoms with Crippen molar-refractivity contribution >= 4 is 0 Å². The van der Waals surface area contributed by atoms with E-state index >= 15 is 0 Å². The predicted molar refractivity (Wildman–Crippen MR) is 102 cm³/mol. The minimum atomic E-state index is 0.327. The van der Waals surface area contributed by atoms with Crippen molar-refractivity contribution in [3.05, 3.63) is 47.0 Å². The second-order valence-electron chi connectivity index (χ2n) is 6.39. The fourth-order valence-corrected chi connectivity index (χ4v) is 3.15. The van der Waals surface area contributed by atoms with Gasteiger partial charge in [-0.3, -0.25) is 0 Å². The van der Waals surface area contributed by atoms with Crippen LogP contribution in [0.4, 0.5) is 0 Å². The number of aryl methyl sites for hydroxylation is 3. The Hall–Kier alpha value is -1.96. The van der Waals surface area contributed by atoms with Gasteiger partial charge in [0.25, 0.3) is 0 Å². The van der Waals surface area contributed by atoms with E-state index in [9.17, 15) is 5.11 Å². The summed E-state index contributed by atoms with van der Waals surface area (Å²) in [5, 5.41) is 10.7. The lowest BCUT2D eigenvalue weighted by Crippen LogP contribution is -1.99. The summed E-state index contributed by atoms with van der Waals surface area (Å²) >= 11 is 0. The van der Waals surface area contributed by atoms with Crippen LogP contribution in [0.5, 0.6) is 11.5 Å². The van der Waals surface area contributed by atoms with Crippen LogP contribution in [0.1, 0.15) is 56.7 Å². The molecule has 0 fully saturated rings. The van der Waals surface area contributed by atoms with E-state index in [2.05, 4.69) is 45.0 Å². The van der Waals surface area contributed by atoms with Crippen molar-refractivity contribution in [2.45, 2.75) is 59.8 Å². The van der Waals surface area contributed by atoms with Crippen LogP contribution < -0.4 is 4.74 Å². The van der Waals surface area contributed by atoms with E-state index in [4.69, 9.17) is 4.74 Å². The van der Waals surface area contributed by atoms with Crippen LogP contribution in [0.15, 0.2) is 30.3 Å². The van der Waals surface area contributed by atoms with Crippen LogP contribution in [0, 0.1) is 6.92 Å². The van der Waals surface area contributed by atoms with E-state index in [1.807, 2.05) is 13.0 Å². The number of phenolic OH excluding ortho intramolecular Hbond substituents is 1. The summed E-state index contributed by atoms with van der Waals surface area (Å²) in [6, 6.07) is 10.4. The summed E-state index contributed by atoms with van der Waals surface area (Å²) in [5.74, 6) is 1.12. The monoisotopic (exact) mass is 326 g/mol. The first kappa shape index (κ1) is 18.4. The molecule has 0 spiro atoms. The number of hydrogen-bond acceptors (Lipinski definition) is 2. The molecular weight excluding hydrogens is 296 g/mol. The highest BCUT2D eigenvalue weighted by Crippen LogP contribution is 2.41. The van der Waals surface area contributed by atoms with Gasteiger partial charge in [-0.15, -0.1) is 0 Å². The van der Waals surface area contributed by atoms with E-state index in [0.29, 0.717) is 12.4 Å². The number of ether oxygens (including phenoxy) is 1. The molecule has 0 radical (unpaired) electrons. The van der Waals surface area contributed by atoms with Gasteiger partial charge >= 0.3 is 0 Å². The Balaban J connectivity index is 2.51. The Bertz CT molecular complexity index is 674. The van der Waals surface area contributed by atoms with Gasteiger partial charge in [0, 0.05) is 0 Å². The van der Waals surface area contributed by atoms with Crippen molar-refractivity contribution in [3.63, 3.8) is 0 Å². The lowest BCUT2D eigenvalue weighted by Gasteiger charge is -2.17. The maximum absolute atomic E-state index is 10.7. The van der Waals surface area contributed by atoms with Gasteiger partial charge in [0.1, 0.15) is 11.5 Å². The van der Waals surface area contributed by atoms with Crippen molar-refractivity contribution in [1.82, 2.24) is 0 Å². The topological polar surface area (TPSA) is 29.5 Å². The molecule has 0 aliphatic carbocycles. The van der Waals surface area contributed by atoms with Crippen molar-refractivity contribution in [2.75, 3.05) is 6.61 Å². The smallest absolute Gasteiger partial charge is 0.131 e. The molecule has 2 rings (SSSR count). The van der Waals surface area contributed by atoms with E-state index in [1.165, 1.54) is 24.0 Å². The van der Waals surface area contributed by atoms with Crippen molar-refractivity contribution in [1.29, 1.82) is 0 Å². The Labute approximate surface area is 146 Å². The van der Waals surface area contributed by atoms with Crippen LogP contribution in [0.25, 0.3) is 11.1 Å². The molecule has 2 aromatic rings. The van der Waals surface area contributed by atoms with Gasteiger partial charge in [0.05, 0.1) is 12.2 Å². The highest BCUT2D eigenvalue weighted by Gasteiger charge is 2.16. The summed E-state index contributed by atoms with van der Waals surface area (Å²) in [6.07, 6.45) is 5.47. The average Bonchev–Trinajstić information content (AvgIpc) is 2.55. The van der Waals surface area contributed by atoms with E-state index in [1.54, 1.807) is 0 Å². The van der Waals surface area contributed by atoms with Crippen molar-refractivity contribution in [2.24, 2.45) is 0 Å². The molecule has 0 aliphatic heterocycles. The fraction of sp³-hybridized carbons (Fsp3) is 0.455. The number of benzene rings is 2. The molecule has 1 N–H and O–H groups in total. The molecule has 0 saturated carbocycles. The lowest BCUT2D eigenvalue weighted by molar-refractivity contribution is 0.339. The van der Waals surface area contributed by atoms with Crippen LogP contribution in [0.2, 0.25) is 0 Å². The molecule has 0 saturated heterocycles. The normalized spacial score (nSPS) is 10.8. The fourth-order valence-electron chi connectivity index (χ4n) is 3.15. The van der Waals surface area contributed by atoms with Gasteiger partial charge in [-0.05, 0) is 61.9 Å². The second-order valence-corrected chi connectivity index (χ2v) is 6.39. The maximum atomic E-state index is 10.7. The van der Waals surface area contributed by atoms with Gasteiger partial charge in [0.2, 0.25) is 0 Å². The molecule has 2 nitrogen and oxygen atoms in total. The Kier molecular flexibility index (Phi) is 6.72. The largest absolute Gasteiger partial charge is 0.507 e. The van der Waals surface area contributed by atoms with Gasteiger partial charge in [-0.1, -0.05) is 50.5 Å². The maximum Gasteiger partial charge on any atom is 0.131 e. The first-order chi connectivity index (χ1) is 11.6. The van der Waals surface area contributed by atoms with E-state index < -0.39 is 0 Å². The first-order valence-corrected chi connectivity index (χ1v) is 9.19. The molecule has 0 heterocycles. The summed E-state index contributed by atoms with van der Waals surface area (Å²) in [6.45, 7) is 9.01. The number of rotatable bonds is 8. The molecule has 0 unspecified atom stereocenters. The van der Waals surface area contributed by atoms with E-state index in [0.717, 1.165) is 41.7 Å². The zero-order chi connectivity index (χ0) is 17.5. The number of hydrogen-bond donors (Lipinski definition) is 1. The van der Waals surface area contributed by atoms with Crippen LogP contribution in [-0.2, 0) is 12.8 Å². The van der Waals surface area contributed by atoms with Crippen LogP contribution >= 0.6 is 0 Å². The number of phenols is 1. The molecular formula is C22H30O2.